The van der Waals surface area contributed by atoms with Gasteiger partial charge in [-0.1, -0.05) is 47.5 Å². The normalized spacial score (nSPS) is 15.8. The zero-order valence-electron chi connectivity index (χ0n) is 19.4. The largest absolute Gasteiger partial charge is 0.508 e. The lowest BCUT2D eigenvalue weighted by atomic mass is 9.77. The number of hydrogen-bond donors (Lipinski definition) is 1. The number of rotatable bonds is 11. The number of phenols is 1. The Labute approximate surface area is 180 Å². The molecule has 1 aromatic heterocycles. The Balaban J connectivity index is 2.33. The second kappa shape index (κ2) is 10.8. The molecular formula is C26H38O4. The van der Waals surface area contributed by atoms with Crippen LogP contribution in [0.3, 0.4) is 0 Å². The van der Waals surface area contributed by atoms with Gasteiger partial charge in [-0.05, 0) is 68.1 Å². The molecule has 0 saturated heterocycles. The van der Waals surface area contributed by atoms with Crippen molar-refractivity contribution < 1.29 is 14.3 Å². The van der Waals surface area contributed by atoms with E-state index in [0.717, 1.165) is 37.5 Å². The number of phenolic OH excluding ortho intramolecular Hbond substituents is 1. The first-order valence-electron chi connectivity index (χ1n) is 11.4. The fourth-order valence-corrected chi connectivity index (χ4v) is 4.44. The zero-order valence-corrected chi connectivity index (χ0v) is 19.4. The van der Waals surface area contributed by atoms with Crippen LogP contribution in [0.5, 0.6) is 5.75 Å². The molecule has 4 nitrogen and oxygen atoms in total. The number of hydrogen-bond acceptors (Lipinski definition) is 4. The molecule has 0 saturated carbocycles. The van der Waals surface area contributed by atoms with Crippen molar-refractivity contribution in [1.29, 1.82) is 0 Å². The molecule has 4 unspecified atom stereocenters. The van der Waals surface area contributed by atoms with Crippen molar-refractivity contribution in [3.63, 3.8) is 0 Å². The van der Waals surface area contributed by atoms with Crippen LogP contribution in [0.4, 0.5) is 0 Å². The zero-order chi connectivity index (χ0) is 22.4. The van der Waals surface area contributed by atoms with E-state index < -0.39 is 0 Å². The monoisotopic (exact) mass is 414 g/mol. The molecule has 0 fully saturated rings. The van der Waals surface area contributed by atoms with Crippen molar-refractivity contribution in [3.05, 3.63) is 40.2 Å². The predicted molar refractivity (Wildman–Crippen MR) is 123 cm³/mol. The van der Waals surface area contributed by atoms with Crippen molar-refractivity contribution in [2.24, 2.45) is 23.7 Å². The van der Waals surface area contributed by atoms with Gasteiger partial charge in [-0.15, -0.1) is 0 Å². The summed E-state index contributed by atoms with van der Waals surface area (Å²) in [4.78, 5) is 24.9. The van der Waals surface area contributed by atoms with Crippen LogP contribution in [0.25, 0.3) is 11.0 Å². The second-order valence-electron chi connectivity index (χ2n) is 9.42. The van der Waals surface area contributed by atoms with Crippen LogP contribution in [0.15, 0.2) is 33.5 Å². The maximum Gasteiger partial charge on any atom is 0.339 e. The Hall–Kier alpha value is -2.10. The number of carbonyl (C=O) groups excluding carboxylic acids is 1. The fourth-order valence-electron chi connectivity index (χ4n) is 4.44. The van der Waals surface area contributed by atoms with Gasteiger partial charge in [0.25, 0.3) is 0 Å². The lowest BCUT2D eigenvalue weighted by Gasteiger charge is -2.27. The van der Waals surface area contributed by atoms with Crippen molar-refractivity contribution >= 4 is 16.8 Å². The molecule has 4 atom stereocenters. The average Bonchev–Trinajstić information content (AvgIpc) is 2.67. The Morgan fingerprint density at radius 3 is 2.33 bits per heavy atom. The first-order valence-corrected chi connectivity index (χ1v) is 11.4. The lowest BCUT2D eigenvalue weighted by molar-refractivity contribution is -0.122. The van der Waals surface area contributed by atoms with E-state index in [1.807, 2.05) is 6.07 Å². The average molecular weight is 415 g/mol. The van der Waals surface area contributed by atoms with Crippen LogP contribution in [0.2, 0.25) is 0 Å². The third-order valence-corrected chi connectivity index (χ3v) is 6.76. The van der Waals surface area contributed by atoms with Crippen LogP contribution < -0.4 is 5.63 Å². The summed E-state index contributed by atoms with van der Waals surface area (Å²) in [5, 5.41) is 10.5. The summed E-state index contributed by atoms with van der Waals surface area (Å²) in [6.07, 6.45) is 4.85. The van der Waals surface area contributed by atoms with E-state index in [2.05, 4.69) is 34.6 Å². The summed E-state index contributed by atoms with van der Waals surface area (Å²) in [6, 6.07) is 6.82. The summed E-state index contributed by atoms with van der Waals surface area (Å²) < 4.78 is 5.57. The van der Waals surface area contributed by atoms with Crippen molar-refractivity contribution in [2.45, 2.75) is 79.6 Å². The van der Waals surface area contributed by atoms with Gasteiger partial charge >= 0.3 is 5.63 Å². The molecular weight excluding hydrogens is 376 g/mol. The minimum absolute atomic E-state index is 0.0682. The molecule has 1 N–H and O–H groups in total. The maximum atomic E-state index is 12.9. The predicted octanol–water partition coefficient (Wildman–Crippen LogP) is 6.69. The SMILES string of the molecule is CCC(C)CCC(c1cc2ccc(O)cc2oc1=O)C(C)CCC(C(C)=O)C(C)C. The quantitative estimate of drug-likeness (QED) is 0.416. The number of benzene rings is 1. The third kappa shape index (κ3) is 6.20. The van der Waals surface area contributed by atoms with Gasteiger partial charge in [0.05, 0.1) is 0 Å². The second-order valence-corrected chi connectivity index (χ2v) is 9.42. The van der Waals surface area contributed by atoms with E-state index in [1.54, 1.807) is 19.1 Å². The van der Waals surface area contributed by atoms with Gasteiger partial charge in [-0.3, -0.25) is 4.79 Å². The topological polar surface area (TPSA) is 67.5 Å². The standard InChI is InChI=1S/C26H38O4/c1-7-17(4)8-12-23(18(5)9-13-22(16(2)3)19(6)27)24-14-20-10-11-21(28)15-25(20)30-26(24)29/h10-11,14-18,22-23,28H,7-9,12-13H2,1-6H3. The van der Waals surface area contributed by atoms with Crippen molar-refractivity contribution in [2.75, 3.05) is 0 Å². The number of carbonyl (C=O) groups is 1. The first-order chi connectivity index (χ1) is 14.1. The van der Waals surface area contributed by atoms with Crippen molar-refractivity contribution in [3.8, 4) is 5.75 Å². The molecule has 166 valence electrons. The minimum Gasteiger partial charge on any atom is -0.508 e. The Morgan fingerprint density at radius 1 is 1.03 bits per heavy atom. The molecule has 30 heavy (non-hydrogen) atoms. The number of Topliss-reactive ketones (excluding diaryl/α,β-unsaturated/α-hetero) is 1. The van der Waals surface area contributed by atoms with Crippen LogP contribution in [0, 0.1) is 23.7 Å². The highest BCUT2D eigenvalue weighted by molar-refractivity contribution is 5.79. The highest BCUT2D eigenvalue weighted by Crippen LogP contribution is 2.35. The summed E-state index contributed by atoms with van der Waals surface area (Å²) >= 11 is 0. The summed E-state index contributed by atoms with van der Waals surface area (Å²) in [5.41, 5.74) is 0.808. The van der Waals surface area contributed by atoms with E-state index in [0.29, 0.717) is 23.0 Å². The minimum atomic E-state index is -0.318. The molecule has 1 heterocycles. The van der Waals surface area contributed by atoms with E-state index in [1.165, 1.54) is 6.07 Å². The molecule has 2 aromatic rings. The molecule has 4 heteroatoms. The molecule has 0 radical (unpaired) electrons. The summed E-state index contributed by atoms with van der Waals surface area (Å²) in [5.74, 6) is 1.69. The van der Waals surface area contributed by atoms with E-state index >= 15 is 0 Å². The van der Waals surface area contributed by atoms with E-state index in [4.69, 9.17) is 4.42 Å². The Bertz CT molecular complexity index is 896. The van der Waals surface area contributed by atoms with Gasteiger partial charge in [-0.25, -0.2) is 4.79 Å². The molecule has 0 amide bonds. The van der Waals surface area contributed by atoms with Gasteiger partial charge in [0.15, 0.2) is 0 Å². The Morgan fingerprint density at radius 2 is 1.73 bits per heavy atom. The van der Waals surface area contributed by atoms with Gasteiger partial charge < -0.3 is 9.52 Å². The van der Waals surface area contributed by atoms with Crippen molar-refractivity contribution in [1.82, 2.24) is 0 Å². The molecule has 1 aromatic carbocycles. The summed E-state index contributed by atoms with van der Waals surface area (Å²) in [6.45, 7) is 12.5. The molecule has 0 aliphatic heterocycles. The molecule has 0 spiro atoms. The highest BCUT2D eigenvalue weighted by atomic mass is 16.4. The van der Waals surface area contributed by atoms with E-state index in [-0.39, 0.29) is 34.9 Å². The molecule has 0 aliphatic carbocycles. The van der Waals surface area contributed by atoms with Gasteiger partial charge in [0.2, 0.25) is 0 Å². The van der Waals surface area contributed by atoms with Crippen LogP contribution in [0.1, 0.15) is 85.1 Å². The highest BCUT2D eigenvalue weighted by Gasteiger charge is 2.26. The fraction of sp³-hybridized carbons (Fsp3) is 0.615. The first kappa shape index (κ1) is 24.2. The van der Waals surface area contributed by atoms with Gasteiger partial charge in [0.1, 0.15) is 17.1 Å². The van der Waals surface area contributed by atoms with Crippen LogP contribution in [-0.2, 0) is 4.79 Å². The van der Waals surface area contributed by atoms with Gasteiger partial charge in [-0.2, -0.15) is 0 Å². The Kier molecular flexibility index (Phi) is 8.69. The maximum absolute atomic E-state index is 12.9. The van der Waals surface area contributed by atoms with Crippen LogP contribution >= 0.6 is 0 Å². The third-order valence-electron chi connectivity index (χ3n) is 6.76. The molecule has 0 aliphatic rings. The lowest BCUT2D eigenvalue weighted by Crippen LogP contribution is -2.22. The number of aromatic hydroxyl groups is 1. The van der Waals surface area contributed by atoms with Gasteiger partial charge in [0, 0.05) is 22.9 Å². The smallest absolute Gasteiger partial charge is 0.339 e. The number of fused-ring (bicyclic) bond motifs is 1. The molecule has 0 bridgehead atoms. The van der Waals surface area contributed by atoms with Crippen LogP contribution in [-0.4, -0.2) is 10.9 Å². The molecule has 2 rings (SSSR count). The van der Waals surface area contributed by atoms with E-state index in [9.17, 15) is 14.7 Å². The summed E-state index contributed by atoms with van der Waals surface area (Å²) in [7, 11) is 0. The number of ketones is 1.